The van der Waals surface area contributed by atoms with Crippen molar-refractivity contribution < 1.29 is 9.26 Å². The number of hydrogen-bond acceptors (Lipinski definition) is 6. The summed E-state index contributed by atoms with van der Waals surface area (Å²) in [5.74, 6) is 2.11. The zero-order chi connectivity index (χ0) is 17.9. The van der Waals surface area contributed by atoms with Gasteiger partial charge in [-0.25, -0.2) is 10.9 Å². The highest BCUT2D eigenvalue weighted by Gasteiger charge is 2.30. The fourth-order valence-electron chi connectivity index (χ4n) is 3.18. The summed E-state index contributed by atoms with van der Waals surface area (Å²) in [6, 6.07) is 16.4. The van der Waals surface area contributed by atoms with Gasteiger partial charge in [-0.15, -0.1) is 0 Å². The van der Waals surface area contributed by atoms with Crippen molar-refractivity contribution in [2.75, 3.05) is 6.61 Å². The van der Waals surface area contributed by atoms with Gasteiger partial charge in [0.2, 0.25) is 11.7 Å². The molecule has 0 spiro atoms. The van der Waals surface area contributed by atoms with Gasteiger partial charge in [0.1, 0.15) is 11.8 Å². The quantitative estimate of drug-likeness (QED) is 0.731. The van der Waals surface area contributed by atoms with E-state index in [-0.39, 0.29) is 12.1 Å². The van der Waals surface area contributed by atoms with E-state index < -0.39 is 0 Å². The van der Waals surface area contributed by atoms with E-state index in [1.807, 2.05) is 44.2 Å². The minimum atomic E-state index is -0.0161. The zero-order valence-electron chi connectivity index (χ0n) is 14.9. The lowest BCUT2D eigenvalue weighted by Crippen LogP contribution is -2.26. The third-order valence-corrected chi connectivity index (χ3v) is 4.51. The standard InChI is InChI=1S/C20H22N4O2/c1-3-25-16-9-7-14(8-10-16)17-12-18(23-22-17)20-21-19(24-26-20)15-6-4-5-13(2)11-15/h4-11,17-18,22-23H,3,12H2,1-2H3. The summed E-state index contributed by atoms with van der Waals surface area (Å²) in [4.78, 5) is 4.57. The maximum Gasteiger partial charge on any atom is 0.245 e. The van der Waals surface area contributed by atoms with Crippen molar-refractivity contribution in [2.24, 2.45) is 0 Å². The lowest BCUT2D eigenvalue weighted by atomic mass is 10.0. The van der Waals surface area contributed by atoms with Gasteiger partial charge in [-0.3, -0.25) is 0 Å². The zero-order valence-corrected chi connectivity index (χ0v) is 14.9. The summed E-state index contributed by atoms with van der Waals surface area (Å²) >= 11 is 0. The molecule has 2 heterocycles. The first kappa shape index (κ1) is 16.8. The van der Waals surface area contributed by atoms with Crippen LogP contribution in [0.15, 0.2) is 53.1 Å². The Morgan fingerprint density at radius 3 is 2.69 bits per heavy atom. The van der Waals surface area contributed by atoms with Gasteiger partial charge < -0.3 is 9.26 Å². The van der Waals surface area contributed by atoms with Gasteiger partial charge in [0, 0.05) is 11.6 Å². The van der Waals surface area contributed by atoms with Gasteiger partial charge in [-0.2, -0.15) is 4.98 Å². The number of hydrogen-bond donors (Lipinski definition) is 2. The molecule has 2 unspecified atom stereocenters. The lowest BCUT2D eigenvalue weighted by molar-refractivity contribution is 0.339. The SMILES string of the molecule is CCOc1ccc(C2CC(c3nc(-c4cccc(C)c4)no3)NN2)cc1. The number of ether oxygens (including phenoxy) is 1. The summed E-state index contributed by atoms with van der Waals surface area (Å²) in [5.41, 5.74) is 9.91. The molecule has 1 saturated heterocycles. The van der Waals surface area contributed by atoms with Crippen molar-refractivity contribution in [1.29, 1.82) is 0 Å². The minimum Gasteiger partial charge on any atom is -0.494 e. The van der Waals surface area contributed by atoms with Crippen LogP contribution in [0.25, 0.3) is 11.4 Å². The topological polar surface area (TPSA) is 72.2 Å². The molecule has 0 radical (unpaired) electrons. The van der Waals surface area contributed by atoms with Crippen LogP contribution in [-0.2, 0) is 0 Å². The number of aromatic nitrogens is 2. The van der Waals surface area contributed by atoms with Gasteiger partial charge in [-0.05, 0) is 44.0 Å². The van der Waals surface area contributed by atoms with Crippen LogP contribution in [0.3, 0.4) is 0 Å². The molecule has 134 valence electrons. The maximum absolute atomic E-state index is 5.50. The second-order valence-corrected chi connectivity index (χ2v) is 6.46. The number of hydrazine groups is 1. The second-order valence-electron chi connectivity index (χ2n) is 6.46. The van der Waals surface area contributed by atoms with Gasteiger partial charge in [-0.1, -0.05) is 41.1 Å². The van der Waals surface area contributed by atoms with Crippen LogP contribution < -0.4 is 15.6 Å². The molecule has 4 rings (SSSR count). The van der Waals surface area contributed by atoms with E-state index in [0.29, 0.717) is 18.3 Å². The highest BCUT2D eigenvalue weighted by Crippen LogP contribution is 2.31. The first-order chi connectivity index (χ1) is 12.7. The molecule has 26 heavy (non-hydrogen) atoms. The first-order valence-electron chi connectivity index (χ1n) is 8.87. The monoisotopic (exact) mass is 350 g/mol. The Morgan fingerprint density at radius 1 is 1.12 bits per heavy atom. The molecule has 1 fully saturated rings. The van der Waals surface area contributed by atoms with E-state index in [4.69, 9.17) is 9.26 Å². The van der Waals surface area contributed by atoms with Crippen LogP contribution in [0.4, 0.5) is 0 Å². The smallest absolute Gasteiger partial charge is 0.245 e. The molecule has 2 N–H and O–H groups in total. The molecule has 0 amide bonds. The number of aryl methyl sites for hydroxylation is 1. The number of nitrogens with zero attached hydrogens (tertiary/aromatic N) is 2. The summed E-state index contributed by atoms with van der Waals surface area (Å²) in [5, 5.41) is 4.13. The Bertz CT molecular complexity index is 876. The van der Waals surface area contributed by atoms with Crippen LogP contribution in [-0.4, -0.2) is 16.7 Å². The Kier molecular flexibility index (Phi) is 4.69. The van der Waals surface area contributed by atoms with Crippen LogP contribution in [0, 0.1) is 6.92 Å². The van der Waals surface area contributed by atoms with Crippen molar-refractivity contribution in [1.82, 2.24) is 21.0 Å². The minimum absolute atomic E-state index is 0.0161. The lowest BCUT2D eigenvalue weighted by Gasteiger charge is -2.10. The Balaban J connectivity index is 1.45. The third kappa shape index (κ3) is 3.47. The van der Waals surface area contributed by atoms with Crippen LogP contribution in [0.5, 0.6) is 5.75 Å². The van der Waals surface area contributed by atoms with Crippen LogP contribution in [0.2, 0.25) is 0 Å². The van der Waals surface area contributed by atoms with Gasteiger partial charge in [0.05, 0.1) is 6.61 Å². The number of rotatable bonds is 5. The molecule has 2 aromatic carbocycles. The largest absolute Gasteiger partial charge is 0.494 e. The van der Waals surface area contributed by atoms with Crippen LogP contribution in [0.1, 0.15) is 42.4 Å². The summed E-state index contributed by atoms with van der Waals surface area (Å²) < 4.78 is 11.0. The summed E-state index contributed by atoms with van der Waals surface area (Å²) in [6.45, 7) is 4.70. The molecular formula is C20H22N4O2. The summed E-state index contributed by atoms with van der Waals surface area (Å²) in [7, 11) is 0. The number of nitrogens with one attached hydrogen (secondary N) is 2. The molecule has 2 atom stereocenters. The molecule has 3 aromatic rings. The van der Waals surface area contributed by atoms with Gasteiger partial charge >= 0.3 is 0 Å². The van der Waals surface area contributed by atoms with Crippen molar-refractivity contribution in [3.05, 3.63) is 65.5 Å². The molecule has 0 bridgehead atoms. The summed E-state index contributed by atoms with van der Waals surface area (Å²) in [6.07, 6.45) is 0.837. The molecule has 6 heteroatoms. The number of benzene rings is 2. The van der Waals surface area contributed by atoms with Crippen LogP contribution >= 0.6 is 0 Å². The van der Waals surface area contributed by atoms with Gasteiger partial charge in [0.15, 0.2) is 0 Å². The molecule has 1 aromatic heterocycles. The highest BCUT2D eigenvalue weighted by atomic mass is 16.5. The normalized spacial score (nSPS) is 19.6. The second kappa shape index (κ2) is 7.27. The van der Waals surface area contributed by atoms with E-state index in [1.165, 1.54) is 11.1 Å². The predicted molar refractivity (Wildman–Crippen MR) is 98.5 cm³/mol. The molecule has 0 aliphatic carbocycles. The van der Waals surface area contributed by atoms with Crippen molar-refractivity contribution >= 4 is 0 Å². The fraction of sp³-hybridized carbons (Fsp3) is 0.300. The predicted octanol–water partition coefficient (Wildman–Crippen LogP) is 3.72. The molecule has 6 nitrogen and oxygen atoms in total. The van der Waals surface area contributed by atoms with E-state index in [2.05, 4.69) is 39.2 Å². The molecule has 1 aliphatic heterocycles. The van der Waals surface area contributed by atoms with E-state index in [0.717, 1.165) is 17.7 Å². The molecular weight excluding hydrogens is 328 g/mol. The van der Waals surface area contributed by atoms with E-state index in [1.54, 1.807) is 0 Å². The van der Waals surface area contributed by atoms with Gasteiger partial charge in [0.25, 0.3) is 0 Å². The highest BCUT2D eigenvalue weighted by molar-refractivity contribution is 5.55. The fourth-order valence-corrected chi connectivity index (χ4v) is 3.18. The molecule has 0 saturated carbocycles. The maximum atomic E-state index is 5.50. The van der Waals surface area contributed by atoms with E-state index in [9.17, 15) is 0 Å². The first-order valence-corrected chi connectivity index (χ1v) is 8.87. The third-order valence-electron chi connectivity index (χ3n) is 4.51. The average Bonchev–Trinajstić information content (AvgIpc) is 3.32. The molecule has 1 aliphatic rings. The van der Waals surface area contributed by atoms with Crippen molar-refractivity contribution in [3.8, 4) is 17.1 Å². The van der Waals surface area contributed by atoms with E-state index >= 15 is 0 Å². The Hall–Kier alpha value is -2.70. The Labute approximate surface area is 152 Å². The van der Waals surface area contributed by atoms with Crippen molar-refractivity contribution in [3.63, 3.8) is 0 Å². The average molecular weight is 350 g/mol. The van der Waals surface area contributed by atoms with Crippen molar-refractivity contribution in [2.45, 2.75) is 32.4 Å². The Morgan fingerprint density at radius 2 is 1.92 bits per heavy atom.